The van der Waals surface area contributed by atoms with Gasteiger partial charge in [-0.3, -0.25) is 0 Å². The molecule has 0 aliphatic carbocycles. The van der Waals surface area contributed by atoms with Crippen molar-refractivity contribution in [3.63, 3.8) is 0 Å². The van der Waals surface area contributed by atoms with Crippen molar-refractivity contribution < 1.29 is 19.1 Å². The van der Waals surface area contributed by atoms with Gasteiger partial charge in [-0.05, 0) is 18.8 Å². The summed E-state index contributed by atoms with van der Waals surface area (Å²) in [6.45, 7) is 6.91. The summed E-state index contributed by atoms with van der Waals surface area (Å²) in [6.07, 6.45) is 6.12. The molecule has 0 aliphatic rings. The fourth-order valence-electron chi connectivity index (χ4n) is 1.35. The second kappa shape index (κ2) is 10.8. The molecule has 0 aromatic rings. The van der Waals surface area contributed by atoms with E-state index in [0.717, 1.165) is 37.8 Å². The average Bonchev–Trinajstić information content (AvgIpc) is 2.34. The van der Waals surface area contributed by atoms with E-state index in [9.17, 15) is 9.59 Å². The van der Waals surface area contributed by atoms with E-state index in [1.807, 2.05) is 13.8 Å². The van der Waals surface area contributed by atoms with Gasteiger partial charge in [0.1, 0.15) is 0 Å². The monoisotopic (exact) mass is 256 g/mol. The molecule has 1 atom stereocenters. The second-order valence-corrected chi connectivity index (χ2v) is 4.38. The SMILES string of the molecule is CCCCOC(=O)/C=C/C(=O)OCC(C)CCC. The minimum Gasteiger partial charge on any atom is -0.463 e. The maximum absolute atomic E-state index is 11.3. The molecule has 0 N–H and O–H groups in total. The molecule has 0 aromatic heterocycles. The molecule has 0 spiro atoms. The number of esters is 2. The molecule has 1 unspecified atom stereocenters. The van der Waals surface area contributed by atoms with Crippen molar-refractivity contribution >= 4 is 11.9 Å². The summed E-state index contributed by atoms with van der Waals surface area (Å²) in [5, 5.41) is 0. The molecule has 4 heteroatoms. The van der Waals surface area contributed by atoms with Crippen molar-refractivity contribution in [3.05, 3.63) is 12.2 Å². The molecule has 4 nitrogen and oxygen atoms in total. The Balaban J connectivity index is 3.75. The van der Waals surface area contributed by atoms with Crippen LogP contribution in [0.25, 0.3) is 0 Å². The van der Waals surface area contributed by atoms with Crippen LogP contribution in [0.2, 0.25) is 0 Å². The normalized spacial score (nSPS) is 12.4. The predicted molar refractivity (Wildman–Crippen MR) is 70.0 cm³/mol. The minimum atomic E-state index is -0.498. The van der Waals surface area contributed by atoms with Gasteiger partial charge in [-0.15, -0.1) is 0 Å². The number of ether oxygens (including phenoxy) is 2. The maximum atomic E-state index is 11.3. The molecule has 0 aliphatic heterocycles. The van der Waals surface area contributed by atoms with Gasteiger partial charge in [-0.25, -0.2) is 9.59 Å². The van der Waals surface area contributed by atoms with Crippen molar-refractivity contribution in [1.82, 2.24) is 0 Å². The number of rotatable bonds is 9. The zero-order valence-electron chi connectivity index (χ0n) is 11.6. The van der Waals surface area contributed by atoms with Crippen molar-refractivity contribution in [1.29, 1.82) is 0 Å². The smallest absolute Gasteiger partial charge is 0.331 e. The van der Waals surface area contributed by atoms with Gasteiger partial charge in [0, 0.05) is 12.2 Å². The molecule has 0 amide bonds. The molecule has 0 aromatic carbocycles. The third-order valence-corrected chi connectivity index (χ3v) is 2.39. The molecule has 0 fully saturated rings. The lowest BCUT2D eigenvalue weighted by molar-refractivity contribution is -0.141. The summed E-state index contributed by atoms with van der Waals surface area (Å²) >= 11 is 0. The largest absolute Gasteiger partial charge is 0.463 e. The van der Waals surface area contributed by atoms with Gasteiger partial charge in [0.25, 0.3) is 0 Å². The molecular weight excluding hydrogens is 232 g/mol. The van der Waals surface area contributed by atoms with Crippen LogP contribution in [0.15, 0.2) is 12.2 Å². The fourth-order valence-corrected chi connectivity index (χ4v) is 1.35. The van der Waals surface area contributed by atoms with E-state index < -0.39 is 11.9 Å². The van der Waals surface area contributed by atoms with Crippen molar-refractivity contribution in [3.8, 4) is 0 Å². The molecule has 0 saturated heterocycles. The van der Waals surface area contributed by atoms with Gasteiger partial charge in [0.2, 0.25) is 0 Å². The lowest BCUT2D eigenvalue weighted by Crippen LogP contribution is -2.10. The number of hydrogen-bond donors (Lipinski definition) is 0. The Morgan fingerprint density at radius 1 is 1.06 bits per heavy atom. The highest BCUT2D eigenvalue weighted by molar-refractivity contribution is 5.91. The standard InChI is InChI=1S/C14H24O4/c1-4-6-10-17-13(15)8-9-14(16)18-11-12(3)7-5-2/h8-9,12H,4-7,10-11H2,1-3H3/b9-8+. The van der Waals surface area contributed by atoms with E-state index in [-0.39, 0.29) is 0 Å². The Labute approximate surface area is 109 Å². The Bertz CT molecular complexity index is 271. The van der Waals surface area contributed by atoms with E-state index in [1.54, 1.807) is 0 Å². The predicted octanol–water partition coefficient (Wildman–Crippen LogP) is 2.87. The van der Waals surface area contributed by atoms with Crippen molar-refractivity contribution in [2.75, 3.05) is 13.2 Å². The van der Waals surface area contributed by atoms with Crippen LogP contribution in [-0.2, 0) is 19.1 Å². The van der Waals surface area contributed by atoms with Crippen LogP contribution < -0.4 is 0 Å². The van der Waals surface area contributed by atoms with E-state index in [0.29, 0.717) is 19.1 Å². The Morgan fingerprint density at radius 2 is 1.67 bits per heavy atom. The second-order valence-electron chi connectivity index (χ2n) is 4.38. The lowest BCUT2D eigenvalue weighted by Gasteiger charge is -2.08. The number of unbranched alkanes of at least 4 members (excludes halogenated alkanes) is 1. The van der Waals surface area contributed by atoms with Crippen LogP contribution in [0, 0.1) is 5.92 Å². The highest BCUT2D eigenvalue weighted by Gasteiger charge is 2.05. The van der Waals surface area contributed by atoms with Gasteiger partial charge in [0.15, 0.2) is 0 Å². The average molecular weight is 256 g/mol. The van der Waals surface area contributed by atoms with E-state index >= 15 is 0 Å². The Hall–Kier alpha value is -1.32. The van der Waals surface area contributed by atoms with Crippen LogP contribution in [0.5, 0.6) is 0 Å². The minimum absolute atomic E-state index is 0.351. The van der Waals surface area contributed by atoms with E-state index in [4.69, 9.17) is 9.47 Å². The van der Waals surface area contributed by atoms with Crippen LogP contribution >= 0.6 is 0 Å². The molecule has 0 bridgehead atoms. The summed E-state index contributed by atoms with van der Waals surface area (Å²) in [4.78, 5) is 22.4. The quantitative estimate of drug-likeness (QED) is 0.361. The maximum Gasteiger partial charge on any atom is 0.331 e. The van der Waals surface area contributed by atoms with Crippen LogP contribution in [0.1, 0.15) is 46.5 Å². The zero-order chi connectivity index (χ0) is 13.8. The molecular formula is C14H24O4. The summed E-state index contributed by atoms with van der Waals surface area (Å²) in [7, 11) is 0. The molecule has 0 radical (unpaired) electrons. The summed E-state index contributed by atoms with van der Waals surface area (Å²) < 4.78 is 9.86. The third kappa shape index (κ3) is 9.87. The first kappa shape index (κ1) is 16.7. The first-order valence-corrected chi connectivity index (χ1v) is 6.61. The summed E-state index contributed by atoms with van der Waals surface area (Å²) in [5.74, 6) is -0.642. The first-order chi connectivity index (χ1) is 8.60. The highest BCUT2D eigenvalue weighted by atomic mass is 16.5. The topological polar surface area (TPSA) is 52.6 Å². The number of carbonyl (C=O) groups excluding carboxylic acids is 2. The van der Waals surface area contributed by atoms with E-state index in [1.165, 1.54) is 0 Å². The lowest BCUT2D eigenvalue weighted by atomic mass is 10.1. The van der Waals surface area contributed by atoms with Gasteiger partial charge < -0.3 is 9.47 Å². The van der Waals surface area contributed by atoms with E-state index in [2.05, 4.69) is 6.92 Å². The van der Waals surface area contributed by atoms with Crippen LogP contribution in [0.3, 0.4) is 0 Å². The third-order valence-electron chi connectivity index (χ3n) is 2.39. The van der Waals surface area contributed by atoms with Crippen molar-refractivity contribution in [2.24, 2.45) is 5.92 Å². The summed E-state index contributed by atoms with van der Waals surface area (Å²) in [6, 6.07) is 0. The van der Waals surface area contributed by atoms with Crippen LogP contribution in [-0.4, -0.2) is 25.2 Å². The number of carbonyl (C=O) groups is 2. The highest BCUT2D eigenvalue weighted by Crippen LogP contribution is 2.05. The van der Waals surface area contributed by atoms with Gasteiger partial charge in [-0.2, -0.15) is 0 Å². The first-order valence-electron chi connectivity index (χ1n) is 6.61. The number of hydrogen-bond acceptors (Lipinski definition) is 4. The van der Waals surface area contributed by atoms with Crippen LogP contribution in [0.4, 0.5) is 0 Å². The Morgan fingerprint density at radius 3 is 2.22 bits per heavy atom. The molecule has 0 rings (SSSR count). The molecule has 104 valence electrons. The fraction of sp³-hybridized carbons (Fsp3) is 0.714. The van der Waals surface area contributed by atoms with Gasteiger partial charge >= 0.3 is 11.9 Å². The zero-order valence-corrected chi connectivity index (χ0v) is 11.6. The van der Waals surface area contributed by atoms with Gasteiger partial charge in [0.05, 0.1) is 13.2 Å². The molecule has 18 heavy (non-hydrogen) atoms. The van der Waals surface area contributed by atoms with Gasteiger partial charge in [-0.1, -0.05) is 33.6 Å². The molecule has 0 heterocycles. The molecule has 0 saturated carbocycles. The van der Waals surface area contributed by atoms with Crippen molar-refractivity contribution in [2.45, 2.75) is 46.5 Å². The Kier molecular flexibility index (Phi) is 10.0. The summed E-state index contributed by atoms with van der Waals surface area (Å²) in [5.41, 5.74) is 0.